The quantitative estimate of drug-likeness (QED) is 0.712. The molecule has 2 rings (SSSR count). The monoisotopic (exact) mass is 211 g/mol. The van der Waals surface area contributed by atoms with E-state index in [1.54, 1.807) is 0 Å². The Kier molecular flexibility index (Phi) is 1.54. The van der Waals surface area contributed by atoms with E-state index < -0.39 is 0 Å². The third kappa shape index (κ3) is 1.21. The van der Waals surface area contributed by atoms with Gasteiger partial charge in [-0.1, -0.05) is 15.9 Å². The molecule has 0 bridgehead atoms. The summed E-state index contributed by atoms with van der Waals surface area (Å²) in [6.45, 7) is 0. The van der Waals surface area contributed by atoms with Crippen molar-refractivity contribution in [1.29, 1.82) is 0 Å². The zero-order valence-electron chi connectivity index (χ0n) is 5.47. The zero-order valence-corrected chi connectivity index (χ0v) is 7.05. The molecule has 0 saturated heterocycles. The number of nitrogens with zero attached hydrogens (tertiary/aromatic N) is 1. The van der Waals surface area contributed by atoms with Gasteiger partial charge in [0.2, 0.25) is 6.34 Å². The Morgan fingerprint density at radius 1 is 1.55 bits per heavy atom. The van der Waals surface area contributed by atoms with E-state index in [1.807, 2.05) is 18.2 Å². The lowest BCUT2D eigenvalue weighted by Crippen LogP contribution is -2.18. The highest BCUT2D eigenvalue weighted by molar-refractivity contribution is 9.10. The fraction of sp³-hybridized carbons (Fsp3) is 0. The topological polar surface area (TPSA) is 33.6 Å². The van der Waals surface area contributed by atoms with E-state index in [4.69, 9.17) is 4.84 Å². The van der Waals surface area contributed by atoms with Gasteiger partial charge in [-0.25, -0.2) is 4.99 Å². The summed E-state index contributed by atoms with van der Waals surface area (Å²) in [5, 5.41) is 0. The maximum Gasteiger partial charge on any atom is 0.206 e. The number of hydrogen-bond acceptors (Lipinski definition) is 3. The number of fused-ring (bicyclic) bond motifs is 1. The number of aliphatic imine (C=N–C) groups is 1. The lowest BCUT2D eigenvalue weighted by molar-refractivity contribution is 0.263. The van der Waals surface area contributed by atoms with Gasteiger partial charge in [0.15, 0.2) is 5.75 Å². The first kappa shape index (κ1) is 6.67. The Hall–Kier alpha value is -1.03. The van der Waals surface area contributed by atoms with Crippen molar-refractivity contribution in [1.82, 2.24) is 5.48 Å². The van der Waals surface area contributed by atoms with Crippen molar-refractivity contribution in [2.45, 2.75) is 0 Å². The van der Waals surface area contributed by atoms with Crippen LogP contribution in [0.4, 0.5) is 5.69 Å². The molecule has 0 fully saturated rings. The molecule has 0 aromatic heterocycles. The third-order valence-electron chi connectivity index (χ3n) is 1.30. The highest BCUT2D eigenvalue weighted by Crippen LogP contribution is 2.30. The lowest BCUT2D eigenvalue weighted by Gasteiger charge is -2.10. The Bertz CT molecular complexity index is 311. The second kappa shape index (κ2) is 2.54. The van der Waals surface area contributed by atoms with Crippen molar-refractivity contribution in [3.63, 3.8) is 0 Å². The molecule has 1 N–H and O–H groups in total. The van der Waals surface area contributed by atoms with Crippen molar-refractivity contribution in [2.24, 2.45) is 4.99 Å². The Morgan fingerprint density at radius 2 is 2.45 bits per heavy atom. The predicted molar refractivity (Wildman–Crippen MR) is 45.0 cm³/mol. The Balaban J connectivity index is 2.54. The van der Waals surface area contributed by atoms with E-state index in [2.05, 4.69) is 32.7 Å². The average Bonchev–Trinajstić information content (AvgIpc) is 2.04. The fourth-order valence-corrected chi connectivity index (χ4v) is 1.17. The minimum atomic E-state index is 0.715. The van der Waals surface area contributed by atoms with Crippen molar-refractivity contribution in [3.05, 3.63) is 22.7 Å². The fourth-order valence-electron chi connectivity index (χ4n) is 0.825. The van der Waals surface area contributed by atoms with Gasteiger partial charge in [-0.15, -0.1) is 0 Å². The molecule has 1 aliphatic heterocycles. The number of nitrogens with one attached hydrogen (secondary N) is 1. The maximum absolute atomic E-state index is 5.00. The molecule has 3 nitrogen and oxygen atoms in total. The number of benzene rings is 1. The van der Waals surface area contributed by atoms with Crippen molar-refractivity contribution < 1.29 is 4.84 Å². The third-order valence-corrected chi connectivity index (χ3v) is 1.80. The number of rotatable bonds is 0. The molecule has 0 saturated carbocycles. The Morgan fingerprint density at radius 3 is 3.36 bits per heavy atom. The number of hydroxylamine groups is 1. The van der Waals surface area contributed by atoms with Gasteiger partial charge in [-0.3, -0.25) is 0 Å². The van der Waals surface area contributed by atoms with Crippen LogP contribution in [0.25, 0.3) is 0 Å². The first-order chi connectivity index (χ1) is 5.36. The molecule has 0 unspecified atom stereocenters. The van der Waals surface area contributed by atoms with E-state index in [1.165, 1.54) is 0 Å². The summed E-state index contributed by atoms with van der Waals surface area (Å²) in [4.78, 5) is 8.94. The lowest BCUT2D eigenvalue weighted by atomic mass is 10.3. The van der Waals surface area contributed by atoms with E-state index >= 15 is 0 Å². The van der Waals surface area contributed by atoms with E-state index in [9.17, 15) is 0 Å². The van der Waals surface area contributed by atoms with Gasteiger partial charge in [0.25, 0.3) is 0 Å². The number of hydrogen-bond donors (Lipinski definition) is 1. The molecule has 55 valence electrons. The van der Waals surface area contributed by atoms with Crippen LogP contribution in [0, 0.1) is 0 Å². The second-order valence-corrected chi connectivity index (χ2v) is 2.96. The van der Waals surface area contributed by atoms with E-state index in [-0.39, 0.29) is 0 Å². The summed E-state index contributed by atoms with van der Waals surface area (Å²) in [6.07, 6.45) is 2.50. The molecule has 1 aliphatic rings. The minimum absolute atomic E-state index is 0.715. The molecule has 1 heterocycles. The highest BCUT2D eigenvalue weighted by atomic mass is 79.9. The smallest absolute Gasteiger partial charge is 0.206 e. The maximum atomic E-state index is 5.00. The molecular weight excluding hydrogens is 208 g/mol. The molecule has 11 heavy (non-hydrogen) atoms. The van der Waals surface area contributed by atoms with Crippen LogP contribution in [0.5, 0.6) is 5.75 Å². The van der Waals surface area contributed by atoms with Crippen LogP contribution in [0.3, 0.4) is 0 Å². The van der Waals surface area contributed by atoms with Crippen LogP contribution in [-0.2, 0) is 0 Å². The van der Waals surface area contributed by atoms with Crippen LogP contribution >= 0.6 is 15.9 Å². The molecule has 1 aromatic rings. The zero-order chi connectivity index (χ0) is 7.68. The molecule has 0 amide bonds. The van der Waals surface area contributed by atoms with Gasteiger partial charge < -0.3 is 4.84 Å². The SMILES string of the molecule is Brc1ccc2c(c1)N=[C]NO2. The van der Waals surface area contributed by atoms with Crippen LogP contribution in [0.2, 0.25) is 0 Å². The standard InChI is InChI=1S/C7H4BrN2O/c8-5-1-2-7-6(3-5)9-4-10-11-7/h1-3H,(H,9,10). The van der Waals surface area contributed by atoms with Gasteiger partial charge in [-0.2, -0.15) is 5.48 Å². The summed E-state index contributed by atoms with van der Waals surface area (Å²) >= 11 is 3.33. The van der Waals surface area contributed by atoms with Crippen LogP contribution in [0.1, 0.15) is 0 Å². The van der Waals surface area contributed by atoms with Crippen LogP contribution < -0.4 is 10.3 Å². The summed E-state index contributed by atoms with van der Waals surface area (Å²) in [7, 11) is 0. The van der Waals surface area contributed by atoms with E-state index in [0.29, 0.717) is 5.75 Å². The molecule has 0 atom stereocenters. The van der Waals surface area contributed by atoms with Gasteiger partial charge >= 0.3 is 0 Å². The van der Waals surface area contributed by atoms with E-state index in [0.717, 1.165) is 10.2 Å². The first-order valence-electron chi connectivity index (χ1n) is 3.03. The highest BCUT2D eigenvalue weighted by Gasteiger charge is 2.06. The first-order valence-corrected chi connectivity index (χ1v) is 3.83. The van der Waals surface area contributed by atoms with Gasteiger partial charge in [-0.05, 0) is 18.2 Å². The summed E-state index contributed by atoms with van der Waals surface area (Å²) in [5.41, 5.74) is 3.20. The summed E-state index contributed by atoms with van der Waals surface area (Å²) in [6, 6.07) is 5.58. The van der Waals surface area contributed by atoms with Gasteiger partial charge in [0.1, 0.15) is 5.69 Å². The summed E-state index contributed by atoms with van der Waals surface area (Å²) < 4.78 is 0.979. The molecular formula is C7H4BrN2O. The normalized spacial score (nSPS) is 13.2. The van der Waals surface area contributed by atoms with Gasteiger partial charge in [0.05, 0.1) is 0 Å². The molecule has 1 aromatic carbocycles. The van der Waals surface area contributed by atoms with Gasteiger partial charge in [0, 0.05) is 4.47 Å². The molecule has 1 radical (unpaired) electrons. The number of halogens is 1. The Labute approximate surface area is 72.2 Å². The van der Waals surface area contributed by atoms with Crippen LogP contribution in [-0.4, -0.2) is 6.34 Å². The van der Waals surface area contributed by atoms with Crippen molar-refractivity contribution >= 4 is 28.0 Å². The average molecular weight is 212 g/mol. The minimum Gasteiger partial charge on any atom is -0.378 e. The van der Waals surface area contributed by atoms with Crippen LogP contribution in [0.15, 0.2) is 27.7 Å². The van der Waals surface area contributed by atoms with Crippen molar-refractivity contribution in [3.8, 4) is 5.75 Å². The largest absolute Gasteiger partial charge is 0.378 e. The summed E-state index contributed by atoms with van der Waals surface area (Å²) in [5.74, 6) is 0.715. The second-order valence-electron chi connectivity index (χ2n) is 2.04. The van der Waals surface area contributed by atoms with Crippen molar-refractivity contribution in [2.75, 3.05) is 0 Å². The molecule has 0 spiro atoms. The predicted octanol–water partition coefficient (Wildman–Crippen LogP) is 1.88. The molecule has 4 heteroatoms. The molecule has 0 aliphatic carbocycles.